The Morgan fingerprint density at radius 2 is 1.96 bits per heavy atom. The van der Waals surface area contributed by atoms with Crippen molar-refractivity contribution >= 4 is 23.1 Å². The molecule has 4 rings (SSSR count). The van der Waals surface area contributed by atoms with E-state index in [9.17, 15) is 5.11 Å². The molecule has 0 aliphatic rings. The van der Waals surface area contributed by atoms with Gasteiger partial charge in [0.05, 0.1) is 24.1 Å². The molecule has 27 heavy (non-hydrogen) atoms. The second-order valence-corrected chi connectivity index (χ2v) is 7.32. The lowest BCUT2D eigenvalue weighted by Gasteiger charge is -2.05. The van der Waals surface area contributed by atoms with Crippen LogP contribution in [0.3, 0.4) is 0 Å². The zero-order valence-electron chi connectivity index (χ0n) is 14.3. The lowest BCUT2D eigenvalue weighted by Crippen LogP contribution is -1.98. The number of thiazole rings is 1. The lowest BCUT2D eigenvalue weighted by atomic mass is 10.2. The van der Waals surface area contributed by atoms with Crippen LogP contribution in [0, 0.1) is 0 Å². The number of phenolic OH excluding ortho intramolecular Hbond substituents is 1. The molecule has 0 aliphatic heterocycles. The Hall–Kier alpha value is -2.91. The van der Waals surface area contributed by atoms with Gasteiger partial charge in [0.2, 0.25) is 5.16 Å². The highest BCUT2D eigenvalue weighted by molar-refractivity contribution is 7.98. The van der Waals surface area contributed by atoms with Gasteiger partial charge in [-0.05, 0) is 46.8 Å². The fourth-order valence-electron chi connectivity index (χ4n) is 2.48. The molecule has 0 radical (unpaired) electrons. The average Bonchev–Trinajstić information content (AvgIpc) is 3.36. The third kappa shape index (κ3) is 3.79. The molecule has 0 amide bonds. The highest BCUT2D eigenvalue weighted by Crippen LogP contribution is 2.33. The molecule has 4 aromatic rings. The third-order valence-corrected chi connectivity index (χ3v) is 5.65. The first-order chi connectivity index (χ1) is 13.2. The molecule has 0 bridgehead atoms. The molecular formula is C18H15N5O2S2. The largest absolute Gasteiger partial charge is 0.508 e. The highest BCUT2D eigenvalue weighted by Gasteiger charge is 2.13. The predicted octanol–water partition coefficient (Wildman–Crippen LogP) is 3.79. The number of para-hydroxylation sites is 1. The van der Waals surface area contributed by atoms with Crippen molar-refractivity contribution < 1.29 is 9.84 Å². The second kappa shape index (κ2) is 7.77. The Labute approximate surface area is 163 Å². The third-order valence-electron chi connectivity index (χ3n) is 3.77. The Morgan fingerprint density at radius 3 is 2.78 bits per heavy atom. The van der Waals surface area contributed by atoms with E-state index >= 15 is 0 Å². The van der Waals surface area contributed by atoms with Crippen molar-refractivity contribution in [1.82, 2.24) is 25.2 Å². The van der Waals surface area contributed by atoms with Crippen LogP contribution in [0.2, 0.25) is 0 Å². The fourth-order valence-corrected chi connectivity index (χ4v) is 4.22. The highest BCUT2D eigenvalue weighted by atomic mass is 32.2. The minimum absolute atomic E-state index is 0.201. The number of hydrogen-bond acceptors (Lipinski definition) is 8. The average molecular weight is 397 g/mol. The van der Waals surface area contributed by atoms with E-state index in [0.717, 1.165) is 27.7 Å². The molecule has 136 valence electrons. The summed E-state index contributed by atoms with van der Waals surface area (Å²) >= 11 is 3.08. The molecule has 0 atom stereocenters. The SMILES string of the molecule is COc1ccccc1-c1nc(CSc2nnnn2-c2ccc(O)cc2)cs1. The van der Waals surface area contributed by atoms with E-state index in [0.29, 0.717) is 10.9 Å². The van der Waals surface area contributed by atoms with E-state index in [1.54, 1.807) is 47.4 Å². The molecule has 2 aromatic carbocycles. The molecule has 0 unspecified atom stereocenters. The summed E-state index contributed by atoms with van der Waals surface area (Å²) in [6.45, 7) is 0. The quantitative estimate of drug-likeness (QED) is 0.495. The van der Waals surface area contributed by atoms with Crippen molar-refractivity contribution in [1.29, 1.82) is 0 Å². The van der Waals surface area contributed by atoms with Crippen LogP contribution in [-0.2, 0) is 5.75 Å². The van der Waals surface area contributed by atoms with Crippen LogP contribution in [0.5, 0.6) is 11.5 Å². The Morgan fingerprint density at radius 1 is 1.15 bits per heavy atom. The minimum Gasteiger partial charge on any atom is -0.508 e. The normalized spacial score (nSPS) is 10.9. The maximum absolute atomic E-state index is 9.43. The van der Waals surface area contributed by atoms with Crippen LogP contribution in [0.1, 0.15) is 5.69 Å². The van der Waals surface area contributed by atoms with Crippen molar-refractivity contribution in [3.63, 3.8) is 0 Å². The monoisotopic (exact) mass is 397 g/mol. The van der Waals surface area contributed by atoms with Gasteiger partial charge < -0.3 is 9.84 Å². The van der Waals surface area contributed by atoms with Gasteiger partial charge in [-0.1, -0.05) is 23.9 Å². The van der Waals surface area contributed by atoms with Crippen LogP contribution in [-0.4, -0.2) is 37.4 Å². The van der Waals surface area contributed by atoms with Crippen LogP contribution in [0.25, 0.3) is 16.3 Å². The molecule has 0 fully saturated rings. The fraction of sp³-hybridized carbons (Fsp3) is 0.111. The van der Waals surface area contributed by atoms with Gasteiger partial charge in [0.1, 0.15) is 16.5 Å². The first kappa shape index (κ1) is 17.5. The predicted molar refractivity (Wildman–Crippen MR) is 104 cm³/mol. The summed E-state index contributed by atoms with van der Waals surface area (Å²) in [6.07, 6.45) is 0. The summed E-state index contributed by atoms with van der Waals surface area (Å²) in [5.41, 5.74) is 2.72. The van der Waals surface area contributed by atoms with Gasteiger partial charge in [-0.25, -0.2) is 4.98 Å². The summed E-state index contributed by atoms with van der Waals surface area (Å²) in [5.74, 6) is 1.65. The van der Waals surface area contributed by atoms with E-state index in [1.165, 1.54) is 11.8 Å². The zero-order chi connectivity index (χ0) is 18.6. The molecule has 0 aliphatic carbocycles. The van der Waals surface area contributed by atoms with E-state index < -0.39 is 0 Å². The van der Waals surface area contributed by atoms with E-state index in [4.69, 9.17) is 9.72 Å². The van der Waals surface area contributed by atoms with Crippen LogP contribution in [0.15, 0.2) is 59.1 Å². The number of tetrazole rings is 1. The summed E-state index contributed by atoms with van der Waals surface area (Å²) in [5, 5.41) is 24.9. The molecule has 7 nitrogen and oxygen atoms in total. The minimum atomic E-state index is 0.201. The molecular weight excluding hydrogens is 382 g/mol. The molecule has 0 spiro atoms. The van der Waals surface area contributed by atoms with Gasteiger partial charge in [0.15, 0.2) is 0 Å². The molecule has 9 heteroatoms. The van der Waals surface area contributed by atoms with Gasteiger partial charge in [-0.2, -0.15) is 4.68 Å². The number of ether oxygens (including phenoxy) is 1. The number of aromatic hydroxyl groups is 1. The van der Waals surface area contributed by atoms with Crippen molar-refractivity contribution in [3.05, 3.63) is 59.6 Å². The first-order valence-electron chi connectivity index (χ1n) is 8.03. The van der Waals surface area contributed by atoms with E-state index in [-0.39, 0.29) is 5.75 Å². The van der Waals surface area contributed by atoms with E-state index in [2.05, 4.69) is 15.5 Å². The van der Waals surface area contributed by atoms with Crippen LogP contribution >= 0.6 is 23.1 Å². The lowest BCUT2D eigenvalue weighted by molar-refractivity contribution is 0.416. The number of aromatic nitrogens is 5. The standard InChI is InChI=1S/C18H15N5O2S2/c1-25-16-5-3-2-4-15(16)17-19-12(10-26-17)11-27-18-20-21-22-23(18)13-6-8-14(24)9-7-13/h2-10,24H,11H2,1H3. The number of hydrogen-bond donors (Lipinski definition) is 1. The second-order valence-electron chi connectivity index (χ2n) is 5.52. The molecule has 2 heterocycles. The first-order valence-corrected chi connectivity index (χ1v) is 9.89. The van der Waals surface area contributed by atoms with Crippen molar-refractivity contribution in [3.8, 4) is 27.8 Å². The summed E-state index contributed by atoms with van der Waals surface area (Å²) in [6, 6.07) is 14.6. The summed E-state index contributed by atoms with van der Waals surface area (Å²) in [7, 11) is 1.66. The number of rotatable bonds is 6. The maximum atomic E-state index is 9.43. The van der Waals surface area contributed by atoms with E-state index in [1.807, 2.05) is 29.6 Å². The van der Waals surface area contributed by atoms with Crippen molar-refractivity contribution in [2.45, 2.75) is 10.9 Å². The van der Waals surface area contributed by atoms with Crippen molar-refractivity contribution in [2.75, 3.05) is 7.11 Å². The van der Waals surface area contributed by atoms with Gasteiger partial charge in [-0.3, -0.25) is 0 Å². The Balaban J connectivity index is 1.50. The Kier molecular flexibility index (Phi) is 5.03. The number of nitrogens with zero attached hydrogens (tertiary/aromatic N) is 5. The molecule has 2 aromatic heterocycles. The number of phenols is 1. The maximum Gasteiger partial charge on any atom is 0.214 e. The molecule has 0 saturated heterocycles. The molecule has 1 N–H and O–H groups in total. The number of thioether (sulfide) groups is 1. The van der Waals surface area contributed by atoms with Gasteiger partial charge >= 0.3 is 0 Å². The topological polar surface area (TPSA) is 86.0 Å². The zero-order valence-corrected chi connectivity index (χ0v) is 15.9. The summed E-state index contributed by atoms with van der Waals surface area (Å²) < 4.78 is 7.05. The smallest absolute Gasteiger partial charge is 0.214 e. The van der Waals surface area contributed by atoms with Gasteiger partial charge in [-0.15, -0.1) is 16.4 Å². The molecule has 0 saturated carbocycles. The summed E-state index contributed by atoms with van der Waals surface area (Å²) in [4.78, 5) is 4.71. The van der Waals surface area contributed by atoms with Gasteiger partial charge in [0.25, 0.3) is 0 Å². The van der Waals surface area contributed by atoms with Crippen LogP contribution in [0.4, 0.5) is 0 Å². The number of benzene rings is 2. The van der Waals surface area contributed by atoms with Crippen molar-refractivity contribution in [2.24, 2.45) is 0 Å². The Bertz CT molecular complexity index is 1050. The van der Waals surface area contributed by atoms with Gasteiger partial charge in [0, 0.05) is 11.1 Å². The van der Waals surface area contributed by atoms with Crippen LogP contribution < -0.4 is 4.74 Å². The number of methoxy groups -OCH3 is 1.